The zero-order valence-corrected chi connectivity index (χ0v) is 16.6. The summed E-state index contributed by atoms with van der Waals surface area (Å²) in [5, 5.41) is 7.17. The normalized spacial score (nSPS) is 16.4. The second kappa shape index (κ2) is 9.20. The Morgan fingerprint density at radius 1 is 1.14 bits per heavy atom. The predicted molar refractivity (Wildman–Crippen MR) is 114 cm³/mol. The van der Waals surface area contributed by atoms with Gasteiger partial charge in [0.25, 0.3) is 0 Å². The molecule has 2 aromatic heterocycles. The largest absolute Gasteiger partial charge is 0.379 e. The van der Waals surface area contributed by atoms with E-state index in [9.17, 15) is 4.39 Å². The van der Waals surface area contributed by atoms with Gasteiger partial charge >= 0.3 is 0 Å². The summed E-state index contributed by atoms with van der Waals surface area (Å²) in [6.45, 7) is 1.97. The van der Waals surface area contributed by atoms with Crippen LogP contribution in [0.2, 0.25) is 5.02 Å². The number of anilines is 2. The molecule has 0 radical (unpaired) electrons. The van der Waals surface area contributed by atoms with Gasteiger partial charge in [-0.25, -0.2) is 14.4 Å². The summed E-state index contributed by atoms with van der Waals surface area (Å²) in [4.78, 5) is 9.05. The summed E-state index contributed by atoms with van der Waals surface area (Å²) in [5.41, 5.74) is 2.39. The number of hydrogen-bond acceptors (Lipinski definition) is 5. The Labute approximate surface area is 174 Å². The monoisotopic (exact) mass is 412 g/mol. The maximum absolute atomic E-state index is 13.4. The van der Waals surface area contributed by atoms with E-state index in [1.807, 2.05) is 30.3 Å². The number of rotatable bonds is 6. The van der Waals surface area contributed by atoms with Crippen LogP contribution in [-0.2, 0) is 11.3 Å². The fourth-order valence-electron chi connectivity index (χ4n) is 3.30. The smallest absolute Gasteiger partial charge is 0.126 e. The quantitative estimate of drug-likeness (QED) is 0.587. The molecule has 1 aliphatic heterocycles. The first kappa shape index (κ1) is 19.6. The highest BCUT2D eigenvalue weighted by Crippen LogP contribution is 2.29. The van der Waals surface area contributed by atoms with Crippen molar-refractivity contribution < 1.29 is 9.13 Å². The molecule has 3 aromatic rings. The van der Waals surface area contributed by atoms with E-state index < -0.39 is 0 Å². The summed E-state index contributed by atoms with van der Waals surface area (Å²) in [7, 11) is 0. The van der Waals surface area contributed by atoms with Gasteiger partial charge in [-0.05, 0) is 48.7 Å². The third-order valence-corrected chi connectivity index (χ3v) is 5.06. The van der Waals surface area contributed by atoms with E-state index in [4.69, 9.17) is 16.3 Å². The van der Waals surface area contributed by atoms with Crippen LogP contribution in [-0.4, -0.2) is 29.2 Å². The van der Waals surface area contributed by atoms with Crippen LogP contribution < -0.4 is 10.6 Å². The molecular formula is C22H22ClFN4O. The molecule has 0 aliphatic carbocycles. The zero-order chi connectivity index (χ0) is 20.1. The molecule has 4 rings (SSSR count). The lowest BCUT2D eigenvalue weighted by Crippen LogP contribution is -2.30. The van der Waals surface area contributed by atoms with Crippen molar-refractivity contribution in [1.82, 2.24) is 9.97 Å². The van der Waals surface area contributed by atoms with Crippen LogP contribution in [0.15, 0.2) is 54.7 Å². The van der Waals surface area contributed by atoms with E-state index in [2.05, 4.69) is 20.6 Å². The van der Waals surface area contributed by atoms with Crippen LogP contribution in [0.3, 0.4) is 0 Å². The van der Waals surface area contributed by atoms with Crippen molar-refractivity contribution >= 4 is 23.2 Å². The first-order valence-corrected chi connectivity index (χ1v) is 10.0. The molecule has 0 saturated carbocycles. The van der Waals surface area contributed by atoms with Crippen LogP contribution in [0.5, 0.6) is 0 Å². The van der Waals surface area contributed by atoms with Gasteiger partial charge in [0.2, 0.25) is 0 Å². The molecule has 1 saturated heterocycles. The highest BCUT2D eigenvalue weighted by molar-refractivity contribution is 6.33. The topological polar surface area (TPSA) is 59.1 Å². The molecule has 5 nitrogen and oxygen atoms in total. The molecule has 1 fully saturated rings. The van der Waals surface area contributed by atoms with Gasteiger partial charge in [0.1, 0.15) is 17.5 Å². The van der Waals surface area contributed by atoms with E-state index in [0.717, 1.165) is 42.1 Å². The average Bonchev–Trinajstić information content (AvgIpc) is 2.75. The minimum atomic E-state index is -0.252. The second-order valence-corrected chi connectivity index (χ2v) is 7.41. The fourth-order valence-corrected chi connectivity index (χ4v) is 3.50. The Balaban J connectivity index is 1.50. The number of halogens is 2. The van der Waals surface area contributed by atoms with E-state index in [1.165, 1.54) is 12.1 Å². The standard InChI is InChI=1S/C22H22ClFN4O/c23-19-13-26-22(27-17-6-3-9-29-14-17)11-18(19)20-7-2-8-21(28-20)25-12-15-4-1-5-16(24)10-15/h1-2,4-5,7-8,10-11,13,17H,3,6,9,12,14H2,(H,25,28)(H,26,27)/t17-/m0/s1. The number of pyridine rings is 2. The van der Waals surface area contributed by atoms with Gasteiger partial charge in [0, 0.05) is 24.9 Å². The van der Waals surface area contributed by atoms with Gasteiger partial charge in [-0.1, -0.05) is 29.8 Å². The SMILES string of the molecule is Fc1cccc(CNc2cccc(-c3cc(N[C@H]4CCCOC4)ncc3Cl)n2)c1. The van der Waals surface area contributed by atoms with Crippen LogP contribution in [0.1, 0.15) is 18.4 Å². The summed E-state index contributed by atoms with van der Waals surface area (Å²) >= 11 is 6.40. The third-order valence-electron chi connectivity index (χ3n) is 4.76. The van der Waals surface area contributed by atoms with Crippen molar-refractivity contribution in [2.75, 3.05) is 23.8 Å². The molecule has 0 amide bonds. The number of ether oxygens (including phenoxy) is 1. The van der Waals surface area contributed by atoms with Gasteiger partial charge < -0.3 is 15.4 Å². The Morgan fingerprint density at radius 2 is 2.03 bits per heavy atom. The first-order chi connectivity index (χ1) is 14.2. The van der Waals surface area contributed by atoms with Crippen molar-refractivity contribution in [3.8, 4) is 11.3 Å². The van der Waals surface area contributed by atoms with E-state index in [1.54, 1.807) is 12.3 Å². The molecule has 3 heterocycles. The Morgan fingerprint density at radius 3 is 2.86 bits per heavy atom. The zero-order valence-electron chi connectivity index (χ0n) is 15.9. The molecule has 1 aromatic carbocycles. The molecule has 150 valence electrons. The lowest BCUT2D eigenvalue weighted by atomic mass is 10.1. The molecule has 1 atom stereocenters. The second-order valence-electron chi connectivity index (χ2n) is 7.00. The van der Waals surface area contributed by atoms with Gasteiger partial charge in [-0.2, -0.15) is 0 Å². The molecule has 7 heteroatoms. The number of aromatic nitrogens is 2. The van der Waals surface area contributed by atoms with Gasteiger partial charge in [-0.3, -0.25) is 0 Å². The van der Waals surface area contributed by atoms with E-state index in [-0.39, 0.29) is 11.9 Å². The molecule has 29 heavy (non-hydrogen) atoms. The number of nitrogens with one attached hydrogen (secondary N) is 2. The summed E-state index contributed by atoms with van der Waals surface area (Å²) < 4.78 is 18.9. The minimum Gasteiger partial charge on any atom is -0.379 e. The van der Waals surface area contributed by atoms with Crippen molar-refractivity contribution in [1.29, 1.82) is 0 Å². The Hall–Kier alpha value is -2.70. The summed E-state index contributed by atoms with van der Waals surface area (Å²) in [5.74, 6) is 1.19. The van der Waals surface area contributed by atoms with E-state index in [0.29, 0.717) is 24.0 Å². The van der Waals surface area contributed by atoms with Crippen molar-refractivity contribution in [3.05, 3.63) is 71.1 Å². The highest BCUT2D eigenvalue weighted by atomic mass is 35.5. The van der Waals surface area contributed by atoms with Crippen LogP contribution in [0.4, 0.5) is 16.0 Å². The van der Waals surface area contributed by atoms with Crippen LogP contribution >= 0.6 is 11.6 Å². The summed E-state index contributed by atoms with van der Waals surface area (Å²) in [6.07, 6.45) is 3.73. The minimum absolute atomic E-state index is 0.248. The molecule has 0 spiro atoms. The molecule has 2 N–H and O–H groups in total. The van der Waals surface area contributed by atoms with Gasteiger partial charge in [0.15, 0.2) is 0 Å². The van der Waals surface area contributed by atoms with Crippen molar-refractivity contribution in [2.45, 2.75) is 25.4 Å². The van der Waals surface area contributed by atoms with Gasteiger partial charge in [0.05, 0.1) is 23.4 Å². The summed E-state index contributed by atoms with van der Waals surface area (Å²) in [6, 6.07) is 14.3. The molecular weight excluding hydrogens is 391 g/mol. The predicted octanol–water partition coefficient (Wildman–Crippen LogP) is 5.14. The van der Waals surface area contributed by atoms with Crippen LogP contribution in [0.25, 0.3) is 11.3 Å². The lowest BCUT2D eigenvalue weighted by Gasteiger charge is -2.23. The Bertz CT molecular complexity index is 979. The average molecular weight is 413 g/mol. The molecule has 1 aliphatic rings. The lowest BCUT2D eigenvalue weighted by molar-refractivity contribution is 0.0875. The van der Waals surface area contributed by atoms with Crippen molar-refractivity contribution in [2.24, 2.45) is 0 Å². The maximum atomic E-state index is 13.4. The van der Waals surface area contributed by atoms with Crippen molar-refractivity contribution in [3.63, 3.8) is 0 Å². The first-order valence-electron chi connectivity index (χ1n) is 9.63. The number of nitrogens with zero attached hydrogens (tertiary/aromatic N) is 2. The van der Waals surface area contributed by atoms with Crippen LogP contribution in [0, 0.1) is 5.82 Å². The fraction of sp³-hybridized carbons (Fsp3) is 0.273. The number of benzene rings is 1. The maximum Gasteiger partial charge on any atom is 0.126 e. The molecule has 0 bridgehead atoms. The van der Waals surface area contributed by atoms with Gasteiger partial charge in [-0.15, -0.1) is 0 Å². The highest BCUT2D eigenvalue weighted by Gasteiger charge is 2.15. The third kappa shape index (κ3) is 5.22. The molecule has 0 unspecified atom stereocenters. The Kier molecular flexibility index (Phi) is 6.22. The van der Waals surface area contributed by atoms with E-state index >= 15 is 0 Å². The number of hydrogen-bond donors (Lipinski definition) is 2.